The van der Waals surface area contributed by atoms with Gasteiger partial charge in [-0.1, -0.05) is 12.1 Å². The molecule has 5 aromatic rings. The van der Waals surface area contributed by atoms with Crippen molar-refractivity contribution in [2.75, 3.05) is 12.4 Å². The highest BCUT2D eigenvalue weighted by Gasteiger charge is 2.12. The number of ether oxygens (including phenoxy) is 1. The maximum Gasteiger partial charge on any atom is 0.247 e. The molecule has 31 heavy (non-hydrogen) atoms. The summed E-state index contributed by atoms with van der Waals surface area (Å²) in [5.41, 5.74) is 5.01. The number of methoxy groups -OCH3 is 1. The standard InChI is InChI=1S/C23H19FN6O/c1-15-13-29(14-25-15)20-10-9-18(12-21(20)31-2)26-23-27-22-19(4-3-11-30(22)28-23)16-5-7-17(24)8-6-16/h3-14H,1-2H3,(H,26,28). The predicted molar refractivity (Wildman–Crippen MR) is 117 cm³/mol. The first-order valence-corrected chi connectivity index (χ1v) is 9.68. The minimum atomic E-state index is -0.275. The van der Waals surface area contributed by atoms with Crippen molar-refractivity contribution in [2.45, 2.75) is 6.92 Å². The topological polar surface area (TPSA) is 69.3 Å². The van der Waals surface area contributed by atoms with E-state index < -0.39 is 0 Å². The maximum atomic E-state index is 13.3. The molecule has 2 aromatic carbocycles. The fourth-order valence-corrected chi connectivity index (χ4v) is 3.46. The van der Waals surface area contributed by atoms with E-state index in [-0.39, 0.29) is 5.82 Å². The molecule has 0 saturated heterocycles. The molecule has 0 saturated carbocycles. The van der Waals surface area contributed by atoms with Crippen molar-refractivity contribution < 1.29 is 9.13 Å². The van der Waals surface area contributed by atoms with Crippen LogP contribution < -0.4 is 10.1 Å². The van der Waals surface area contributed by atoms with Gasteiger partial charge in [0, 0.05) is 29.7 Å². The molecule has 3 heterocycles. The van der Waals surface area contributed by atoms with Crippen LogP contribution in [0.3, 0.4) is 0 Å². The lowest BCUT2D eigenvalue weighted by molar-refractivity contribution is 0.413. The van der Waals surface area contributed by atoms with Crippen molar-refractivity contribution in [3.8, 4) is 22.6 Å². The second-order valence-electron chi connectivity index (χ2n) is 7.07. The Hall–Kier alpha value is -4.20. The number of halogens is 1. The highest BCUT2D eigenvalue weighted by Crippen LogP contribution is 2.29. The van der Waals surface area contributed by atoms with Crippen LogP contribution in [0.4, 0.5) is 16.0 Å². The van der Waals surface area contributed by atoms with Gasteiger partial charge in [0.25, 0.3) is 0 Å². The number of anilines is 2. The summed E-state index contributed by atoms with van der Waals surface area (Å²) in [6.45, 7) is 1.94. The Labute approximate surface area is 177 Å². The predicted octanol–water partition coefficient (Wildman–Crippen LogP) is 4.78. The lowest BCUT2D eigenvalue weighted by Gasteiger charge is -2.11. The number of imidazole rings is 1. The number of nitrogens with zero attached hydrogens (tertiary/aromatic N) is 5. The Morgan fingerprint density at radius 3 is 2.65 bits per heavy atom. The van der Waals surface area contributed by atoms with Crippen molar-refractivity contribution >= 4 is 17.3 Å². The van der Waals surface area contributed by atoms with Crippen LogP contribution >= 0.6 is 0 Å². The Kier molecular flexibility index (Phi) is 4.59. The minimum absolute atomic E-state index is 0.275. The molecule has 0 radical (unpaired) electrons. The van der Waals surface area contributed by atoms with E-state index in [0.717, 1.165) is 28.2 Å². The monoisotopic (exact) mass is 414 g/mol. The molecule has 0 atom stereocenters. The average Bonchev–Trinajstić information content (AvgIpc) is 3.39. The Morgan fingerprint density at radius 2 is 1.90 bits per heavy atom. The van der Waals surface area contributed by atoms with E-state index in [0.29, 0.717) is 17.3 Å². The number of aromatic nitrogens is 5. The zero-order valence-corrected chi connectivity index (χ0v) is 17.0. The van der Waals surface area contributed by atoms with E-state index in [4.69, 9.17) is 4.74 Å². The molecule has 0 bridgehead atoms. The Balaban J connectivity index is 1.48. The van der Waals surface area contributed by atoms with Crippen LogP contribution in [0.25, 0.3) is 22.5 Å². The molecule has 0 amide bonds. The highest BCUT2D eigenvalue weighted by atomic mass is 19.1. The molecular formula is C23H19FN6O. The summed E-state index contributed by atoms with van der Waals surface area (Å²) in [7, 11) is 1.63. The highest BCUT2D eigenvalue weighted by molar-refractivity contribution is 5.78. The molecule has 0 unspecified atom stereocenters. The summed E-state index contributed by atoms with van der Waals surface area (Å²) in [5, 5.41) is 7.75. The van der Waals surface area contributed by atoms with Gasteiger partial charge in [-0.3, -0.25) is 0 Å². The van der Waals surface area contributed by atoms with Gasteiger partial charge in [0.15, 0.2) is 5.65 Å². The van der Waals surface area contributed by atoms with Crippen LogP contribution in [-0.2, 0) is 0 Å². The van der Waals surface area contributed by atoms with Gasteiger partial charge in [-0.25, -0.2) is 13.9 Å². The second-order valence-corrected chi connectivity index (χ2v) is 7.07. The molecule has 3 aromatic heterocycles. The summed E-state index contributed by atoms with van der Waals surface area (Å²) in [5.74, 6) is 0.865. The molecule has 0 aliphatic heterocycles. The smallest absolute Gasteiger partial charge is 0.247 e. The third-order valence-corrected chi connectivity index (χ3v) is 4.94. The van der Waals surface area contributed by atoms with Crippen molar-refractivity contribution in [1.82, 2.24) is 24.1 Å². The SMILES string of the molecule is COc1cc(Nc2nc3c(-c4ccc(F)cc4)cccn3n2)ccc1-n1cnc(C)c1. The third kappa shape index (κ3) is 3.59. The molecule has 0 fully saturated rings. The number of pyridine rings is 1. The average molecular weight is 414 g/mol. The molecule has 7 nitrogen and oxygen atoms in total. The van der Waals surface area contributed by atoms with Gasteiger partial charge in [0.05, 0.1) is 24.8 Å². The molecule has 0 aliphatic rings. The summed E-state index contributed by atoms with van der Waals surface area (Å²) in [4.78, 5) is 8.91. The first-order valence-electron chi connectivity index (χ1n) is 9.68. The van der Waals surface area contributed by atoms with Crippen LogP contribution in [0.1, 0.15) is 5.69 Å². The number of benzene rings is 2. The molecule has 154 valence electrons. The van der Waals surface area contributed by atoms with Gasteiger partial charge in [0.1, 0.15) is 11.6 Å². The summed E-state index contributed by atoms with van der Waals surface area (Å²) in [6.07, 6.45) is 5.51. The summed E-state index contributed by atoms with van der Waals surface area (Å²) < 4.78 is 22.5. The Morgan fingerprint density at radius 1 is 1.06 bits per heavy atom. The van der Waals surface area contributed by atoms with Crippen LogP contribution in [0, 0.1) is 12.7 Å². The summed E-state index contributed by atoms with van der Waals surface area (Å²) >= 11 is 0. The number of nitrogens with one attached hydrogen (secondary N) is 1. The third-order valence-electron chi connectivity index (χ3n) is 4.94. The van der Waals surface area contributed by atoms with Gasteiger partial charge in [-0.2, -0.15) is 4.98 Å². The fourth-order valence-electron chi connectivity index (χ4n) is 3.46. The van der Waals surface area contributed by atoms with E-state index >= 15 is 0 Å². The first-order chi connectivity index (χ1) is 15.1. The van der Waals surface area contributed by atoms with Crippen molar-refractivity contribution in [3.05, 3.63) is 84.8 Å². The number of fused-ring (bicyclic) bond motifs is 1. The van der Waals surface area contributed by atoms with Crippen molar-refractivity contribution in [1.29, 1.82) is 0 Å². The molecule has 1 N–H and O–H groups in total. The normalized spacial score (nSPS) is 11.1. The van der Waals surface area contributed by atoms with E-state index in [1.165, 1.54) is 12.1 Å². The largest absolute Gasteiger partial charge is 0.494 e. The number of hydrogen-bond acceptors (Lipinski definition) is 5. The van der Waals surface area contributed by atoms with Crippen LogP contribution in [-0.4, -0.2) is 31.3 Å². The fraction of sp³-hybridized carbons (Fsp3) is 0.0870. The molecule has 8 heteroatoms. The Bertz CT molecular complexity index is 1370. The number of rotatable bonds is 5. The quantitative estimate of drug-likeness (QED) is 0.448. The van der Waals surface area contributed by atoms with Crippen LogP contribution in [0.15, 0.2) is 73.3 Å². The minimum Gasteiger partial charge on any atom is -0.494 e. The van der Waals surface area contributed by atoms with Crippen molar-refractivity contribution in [2.24, 2.45) is 0 Å². The van der Waals surface area contributed by atoms with Gasteiger partial charge >= 0.3 is 0 Å². The number of hydrogen-bond donors (Lipinski definition) is 1. The molecular weight excluding hydrogens is 395 g/mol. The van der Waals surface area contributed by atoms with Gasteiger partial charge in [0.2, 0.25) is 5.95 Å². The molecule has 0 spiro atoms. The van der Waals surface area contributed by atoms with E-state index in [1.54, 1.807) is 30.1 Å². The van der Waals surface area contributed by atoms with Gasteiger partial charge < -0.3 is 14.6 Å². The van der Waals surface area contributed by atoms with Crippen LogP contribution in [0.5, 0.6) is 5.75 Å². The zero-order chi connectivity index (χ0) is 21.4. The lowest BCUT2D eigenvalue weighted by atomic mass is 10.1. The lowest BCUT2D eigenvalue weighted by Crippen LogP contribution is -1.98. The summed E-state index contributed by atoms with van der Waals surface area (Å²) in [6, 6.07) is 15.9. The first kappa shape index (κ1) is 18.8. The van der Waals surface area contributed by atoms with E-state index in [2.05, 4.69) is 20.4 Å². The van der Waals surface area contributed by atoms with Crippen LogP contribution in [0.2, 0.25) is 0 Å². The molecule has 5 rings (SSSR count). The maximum absolute atomic E-state index is 13.3. The zero-order valence-electron chi connectivity index (χ0n) is 17.0. The van der Waals surface area contributed by atoms with Crippen molar-refractivity contribution in [3.63, 3.8) is 0 Å². The second kappa shape index (κ2) is 7.56. The van der Waals surface area contributed by atoms with E-state index in [1.807, 2.05) is 54.2 Å². The van der Waals surface area contributed by atoms with E-state index in [9.17, 15) is 4.39 Å². The number of aryl methyl sites for hydroxylation is 1. The van der Waals surface area contributed by atoms with Gasteiger partial charge in [-0.05, 0) is 48.9 Å². The molecule has 0 aliphatic carbocycles. The van der Waals surface area contributed by atoms with Gasteiger partial charge in [-0.15, -0.1) is 5.10 Å².